The van der Waals surface area contributed by atoms with Gasteiger partial charge in [-0.05, 0) is 30.5 Å². The molecule has 1 aliphatic rings. The van der Waals surface area contributed by atoms with E-state index in [4.69, 9.17) is 15.2 Å². The van der Waals surface area contributed by atoms with Gasteiger partial charge in [0, 0.05) is 12.2 Å². The normalized spacial score (nSPS) is 20.5. The Balaban J connectivity index is 2.18. The zero-order valence-electron chi connectivity index (χ0n) is 12.3. The molecule has 1 aromatic rings. The predicted molar refractivity (Wildman–Crippen MR) is 81.1 cm³/mol. The summed E-state index contributed by atoms with van der Waals surface area (Å²) < 4.78 is 10.7. The van der Waals surface area contributed by atoms with E-state index in [-0.39, 0.29) is 11.8 Å². The molecular weight excluding hydrogens is 268 g/mol. The molecule has 1 heterocycles. The number of benzene rings is 1. The molecule has 112 valence electrons. The molecule has 1 aromatic carbocycles. The van der Waals surface area contributed by atoms with Crippen molar-refractivity contribution in [3.63, 3.8) is 0 Å². The van der Waals surface area contributed by atoms with Crippen LogP contribution in [0.4, 0.5) is 5.69 Å². The Labute approximate surface area is 124 Å². The molecular formula is C16H20N2O3. The molecule has 21 heavy (non-hydrogen) atoms. The minimum Gasteiger partial charge on any atom is -0.495 e. The van der Waals surface area contributed by atoms with Crippen molar-refractivity contribution in [2.24, 2.45) is 11.7 Å². The van der Waals surface area contributed by atoms with Crippen LogP contribution in [-0.4, -0.2) is 32.3 Å². The van der Waals surface area contributed by atoms with Crippen molar-refractivity contribution in [2.75, 3.05) is 25.6 Å². The van der Waals surface area contributed by atoms with Crippen LogP contribution in [0.2, 0.25) is 0 Å². The Kier molecular flexibility index (Phi) is 5.20. The van der Waals surface area contributed by atoms with E-state index in [0.29, 0.717) is 24.6 Å². The highest BCUT2D eigenvalue weighted by atomic mass is 16.5. The van der Waals surface area contributed by atoms with Crippen LogP contribution in [0.5, 0.6) is 5.75 Å². The molecule has 0 bridgehead atoms. The van der Waals surface area contributed by atoms with Crippen molar-refractivity contribution in [3.05, 3.63) is 23.8 Å². The SMILES string of the molecule is COc1ccc(C#CCN)cc1NC(=O)C1OCCC1C. The second-order valence-electron chi connectivity index (χ2n) is 4.97. The molecule has 5 nitrogen and oxygen atoms in total. The van der Waals surface area contributed by atoms with Crippen molar-refractivity contribution >= 4 is 11.6 Å². The van der Waals surface area contributed by atoms with Crippen molar-refractivity contribution in [1.82, 2.24) is 0 Å². The van der Waals surface area contributed by atoms with Crippen LogP contribution < -0.4 is 15.8 Å². The first-order chi connectivity index (χ1) is 10.2. The van der Waals surface area contributed by atoms with Gasteiger partial charge in [-0.3, -0.25) is 4.79 Å². The fourth-order valence-electron chi connectivity index (χ4n) is 2.27. The second-order valence-corrected chi connectivity index (χ2v) is 4.97. The summed E-state index contributed by atoms with van der Waals surface area (Å²) in [5, 5.41) is 2.86. The van der Waals surface area contributed by atoms with E-state index in [0.717, 1.165) is 12.0 Å². The lowest BCUT2D eigenvalue weighted by atomic mass is 10.0. The Bertz CT molecular complexity index is 575. The molecule has 5 heteroatoms. The number of hydrogen-bond acceptors (Lipinski definition) is 4. The predicted octanol–water partition coefficient (Wildman–Crippen LogP) is 1.37. The van der Waals surface area contributed by atoms with Gasteiger partial charge in [-0.15, -0.1) is 0 Å². The lowest BCUT2D eigenvalue weighted by Gasteiger charge is -2.16. The fourth-order valence-corrected chi connectivity index (χ4v) is 2.27. The van der Waals surface area contributed by atoms with E-state index in [9.17, 15) is 4.79 Å². The van der Waals surface area contributed by atoms with Crippen molar-refractivity contribution in [2.45, 2.75) is 19.4 Å². The number of nitrogens with two attached hydrogens (primary N) is 1. The standard InChI is InChI=1S/C16H20N2O3/c1-11-7-9-21-15(11)16(19)18-13-10-12(4-3-8-17)5-6-14(13)20-2/h5-6,10-11,15H,7-9,17H2,1-2H3,(H,18,19). The molecule has 1 aliphatic heterocycles. The van der Waals surface area contributed by atoms with Crippen LogP contribution in [0.1, 0.15) is 18.9 Å². The average molecular weight is 288 g/mol. The number of methoxy groups -OCH3 is 1. The van der Waals surface area contributed by atoms with Gasteiger partial charge >= 0.3 is 0 Å². The summed E-state index contributed by atoms with van der Waals surface area (Å²) in [4.78, 5) is 12.3. The zero-order chi connectivity index (χ0) is 15.2. The molecule has 1 amide bonds. The quantitative estimate of drug-likeness (QED) is 0.824. The lowest BCUT2D eigenvalue weighted by molar-refractivity contribution is -0.126. The van der Waals surface area contributed by atoms with Crippen molar-refractivity contribution < 1.29 is 14.3 Å². The Morgan fingerprint density at radius 1 is 1.57 bits per heavy atom. The number of anilines is 1. The van der Waals surface area contributed by atoms with E-state index in [2.05, 4.69) is 17.2 Å². The number of nitrogens with one attached hydrogen (secondary N) is 1. The third-order valence-electron chi connectivity index (χ3n) is 3.44. The van der Waals surface area contributed by atoms with E-state index in [1.54, 1.807) is 19.2 Å². The summed E-state index contributed by atoms with van der Waals surface area (Å²) in [6.45, 7) is 2.93. The highest BCUT2D eigenvalue weighted by molar-refractivity contribution is 5.96. The first kappa shape index (κ1) is 15.4. The van der Waals surface area contributed by atoms with Gasteiger partial charge in [0.25, 0.3) is 5.91 Å². The van der Waals surface area contributed by atoms with Gasteiger partial charge in [0.2, 0.25) is 0 Å². The molecule has 1 saturated heterocycles. The molecule has 2 atom stereocenters. The highest BCUT2D eigenvalue weighted by Gasteiger charge is 2.31. The van der Waals surface area contributed by atoms with Gasteiger partial charge in [-0.2, -0.15) is 0 Å². The van der Waals surface area contributed by atoms with E-state index < -0.39 is 6.10 Å². The minimum atomic E-state index is -0.409. The summed E-state index contributed by atoms with van der Waals surface area (Å²) in [5.74, 6) is 6.38. The maximum atomic E-state index is 12.3. The first-order valence-electron chi connectivity index (χ1n) is 6.95. The molecule has 0 spiro atoms. The van der Waals surface area contributed by atoms with Gasteiger partial charge in [-0.25, -0.2) is 0 Å². The maximum Gasteiger partial charge on any atom is 0.253 e. The maximum absolute atomic E-state index is 12.3. The Morgan fingerprint density at radius 2 is 2.38 bits per heavy atom. The number of hydrogen-bond donors (Lipinski definition) is 2. The van der Waals surface area contributed by atoms with Gasteiger partial charge in [0.05, 0.1) is 19.3 Å². The van der Waals surface area contributed by atoms with Gasteiger partial charge in [-0.1, -0.05) is 18.8 Å². The monoisotopic (exact) mass is 288 g/mol. The van der Waals surface area contributed by atoms with Crippen LogP contribution in [0.3, 0.4) is 0 Å². The Hall–Kier alpha value is -2.03. The third kappa shape index (κ3) is 3.75. The first-order valence-corrected chi connectivity index (χ1v) is 6.95. The molecule has 2 rings (SSSR count). The fraction of sp³-hybridized carbons (Fsp3) is 0.438. The van der Waals surface area contributed by atoms with E-state index in [1.165, 1.54) is 0 Å². The largest absolute Gasteiger partial charge is 0.495 e. The Morgan fingerprint density at radius 3 is 3.00 bits per heavy atom. The molecule has 3 N–H and O–H groups in total. The minimum absolute atomic E-state index is 0.151. The third-order valence-corrected chi connectivity index (χ3v) is 3.44. The molecule has 0 aliphatic carbocycles. The second kappa shape index (κ2) is 7.11. The van der Waals surface area contributed by atoms with Crippen molar-refractivity contribution in [3.8, 4) is 17.6 Å². The van der Waals surface area contributed by atoms with Gasteiger partial charge in [0.1, 0.15) is 11.9 Å². The lowest BCUT2D eigenvalue weighted by Crippen LogP contribution is -2.31. The number of amides is 1. The summed E-state index contributed by atoms with van der Waals surface area (Å²) in [7, 11) is 1.56. The number of ether oxygens (including phenoxy) is 2. The summed E-state index contributed by atoms with van der Waals surface area (Å²) >= 11 is 0. The number of carbonyl (C=O) groups is 1. The number of carbonyl (C=O) groups excluding carboxylic acids is 1. The zero-order valence-corrected chi connectivity index (χ0v) is 12.3. The van der Waals surface area contributed by atoms with Gasteiger partial charge in [0.15, 0.2) is 0 Å². The van der Waals surface area contributed by atoms with E-state index >= 15 is 0 Å². The van der Waals surface area contributed by atoms with Gasteiger partial charge < -0.3 is 20.5 Å². The summed E-state index contributed by atoms with van der Waals surface area (Å²) in [5.41, 5.74) is 6.73. The average Bonchev–Trinajstić information content (AvgIpc) is 2.91. The highest BCUT2D eigenvalue weighted by Crippen LogP contribution is 2.27. The van der Waals surface area contributed by atoms with Crippen LogP contribution in [0, 0.1) is 17.8 Å². The molecule has 0 saturated carbocycles. The van der Waals surface area contributed by atoms with Crippen molar-refractivity contribution in [1.29, 1.82) is 0 Å². The summed E-state index contributed by atoms with van der Waals surface area (Å²) in [6.07, 6.45) is 0.491. The molecule has 0 aromatic heterocycles. The van der Waals surface area contributed by atoms with Crippen LogP contribution in [-0.2, 0) is 9.53 Å². The smallest absolute Gasteiger partial charge is 0.253 e. The van der Waals surface area contributed by atoms with Crippen LogP contribution in [0.25, 0.3) is 0 Å². The van der Waals surface area contributed by atoms with Crippen LogP contribution in [0.15, 0.2) is 18.2 Å². The van der Waals surface area contributed by atoms with Crippen LogP contribution >= 0.6 is 0 Å². The summed E-state index contributed by atoms with van der Waals surface area (Å²) in [6, 6.07) is 5.37. The van der Waals surface area contributed by atoms with E-state index in [1.807, 2.05) is 13.0 Å². The molecule has 0 radical (unpaired) electrons. The molecule has 2 unspecified atom stereocenters. The topological polar surface area (TPSA) is 73.6 Å². The number of rotatable bonds is 3. The molecule has 1 fully saturated rings.